The number of nitrogens with one attached hydrogen (secondary N) is 1. The Labute approximate surface area is 209 Å². The van der Waals surface area contributed by atoms with Gasteiger partial charge in [0.1, 0.15) is 29.2 Å². The topological polar surface area (TPSA) is 105 Å². The molecule has 1 fully saturated rings. The van der Waals surface area contributed by atoms with Gasteiger partial charge in [-0.2, -0.15) is 0 Å². The second kappa shape index (κ2) is 13.6. The van der Waals surface area contributed by atoms with Gasteiger partial charge in [-0.15, -0.1) is 0 Å². The Morgan fingerprint density at radius 1 is 1.03 bits per heavy atom. The van der Waals surface area contributed by atoms with Gasteiger partial charge in [0.25, 0.3) is 0 Å². The number of carbonyl (C=O) groups is 2. The molecule has 2 unspecified atom stereocenters. The van der Waals surface area contributed by atoms with Crippen LogP contribution in [0.2, 0.25) is 0 Å². The number of rotatable bonds is 12. The van der Waals surface area contributed by atoms with Crippen molar-refractivity contribution in [1.82, 2.24) is 10.2 Å². The van der Waals surface area contributed by atoms with E-state index in [0.29, 0.717) is 35.8 Å². The lowest BCUT2D eigenvalue weighted by Crippen LogP contribution is -2.42. The summed E-state index contributed by atoms with van der Waals surface area (Å²) in [5.41, 5.74) is 0. The summed E-state index contributed by atoms with van der Waals surface area (Å²) in [6.07, 6.45) is 0.598. The maximum Gasteiger partial charge on any atom is 0.463 e. The highest BCUT2D eigenvalue weighted by molar-refractivity contribution is 7.42. The molecule has 0 spiro atoms. The summed E-state index contributed by atoms with van der Waals surface area (Å²) in [4.78, 5) is 23.8. The number of amides is 2. The Hall–Kier alpha value is -3.40. The molecule has 1 aliphatic heterocycles. The zero-order chi connectivity index (χ0) is 25.9. The normalized spacial score (nSPS) is 17.4. The standard InChI is InChI=1S/C24H28FN2O8P/c1-26-24(29)27(14-17(25)15-28)23-13-12-22(33-23)16-32-36(34-20-8-4-18(30-2)5-9-20)35-21-10-6-19(31-3)7-11-21/h4-11,14-15,22-23H,12-13,16H2,1-3H3,(H,26,29)/b17-14+. The van der Waals surface area contributed by atoms with Crippen molar-refractivity contribution in [1.29, 1.82) is 0 Å². The highest BCUT2D eigenvalue weighted by Crippen LogP contribution is 2.43. The minimum Gasteiger partial charge on any atom is -0.497 e. The number of aldehydes is 1. The monoisotopic (exact) mass is 522 g/mol. The Morgan fingerprint density at radius 3 is 2.03 bits per heavy atom. The number of nitrogens with zero attached hydrogens (tertiary/aromatic N) is 1. The summed E-state index contributed by atoms with van der Waals surface area (Å²) in [5.74, 6) is 1.29. The molecule has 1 heterocycles. The first-order valence-electron chi connectivity index (χ1n) is 11.0. The fourth-order valence-corrected chi connectivity index (χ4v) is 4.26. The van der Waals surface area contributed by atoms with Crippen LogP contribution in [0.1, 0.15) is 12.8 Å². The lowest BCUT2D eigenvalue weighted by molar-refractivity contribution is -0.106. The van der Waals surface area contributed by atoms with Crippen molar-refractivity contribution >= 4 is 20.9 Å². The van der Waals surface area contributed by atoms with Gasteiger partial charge in [-0.05, 0) is 61.4 Å². The van der Waals surface area contributed by atoms with E-state index in [9.17, 15) is 14.0 Å². The maximum absolute atomic E-state index is 13.5. The predicted molar refractivity (Wildman–Crippen MR) is 130 cm³/mol. The fourth-order valence-electron chi connectivity index (χ4n) is 3.24. The molecule has 0 saturated carbocycles. The Kier molecular flexibility index (Phi) is 10.3. The number of allylic oxidation sites excluding steroid dienone is 1. The number of carbonyl (C=O) groups excluding carboxylic acids is 2. The van der Waals surface area contributed by atoms with E-state index in [4.69, 9.17) is 27.8 Å². The van der Waals surface area contributed by atoms with Crippen LogP contribution in [0.15, 0.2) is 60.6 Å². The number of benzene rings is 2. The third kappa shape index (κ3) is 7.81. The summed E-state index contributed by atoms with van der Waals surface area (Å²) < 4.78 is 47.6. The zero-order valence-corrected chi connectivity index (χ0v) is 21.0. The van der Waals surface area contributed by atoms with Crippen LogP contribution in [0.3, 0.4) is 0 Å². The lowest BCUT2D eigenvalue weighted by Gasteiger charge is -2.25. The summed E-state index contributed by atoms with van der Waals surface area (Å²) in [6.45, 7) is 0.0932. The molecule has 1 aliphatic rings. The quantitative estimate of drug-likeness (QED) is 0.246. The maximum atomic E-state index is 13.5. The van der Waals surface area contributed by atoms with Crippen LogP contribution in [-0.4, -0.2) is 57.4 Å². The first-order chi connectivity index (χ1) is 17.4. The molecule has 0 bridgehead atoms. The minimum atomic E-state index is -1.89. The van der Waals surface area contributed by atoms with Crippen molar-refractivity contribution in [2.75, 3.05) is 27.9 Å². The molecule has 0 radical (unpaired) electrons. The van der Waals surface area contributed by atoms with Crippen molar-refractivity contribution in [2.45, 2.75) is 25.2 Å². The molecule has 3 rings (SSSR count). The molecule has 2 aromatic carbocycles. The predicted octanol–water partition coefficient (Wildman–Crippen LogP) is 4.56. The molecule has 36 heavy (non-hydrogen) atoms. The van der Waals surface area contributed by atoms with Gasteiger partial charge >= 0.3 is 14.6 Å². The fraction of sp³-hybridized carbons (Fsp3) is 0.333. The van der Waals surface area contributed by atoms with Gasteiger partial charge in [-0.1, -0.05) is 0 Å². The van der Waals surface area contributed by atoms with Crippen LogP contribution in [0.4, 0.5) is 9.18 Å². The Morgan fingerprint density at radius 2 is 1.56 bits per heavy atom. The molecule has 2 aromatic rings. The second-order valence-corrected chi connectivity index (χ2v) is 8.51. The number of halogens is 1. The molecule has 0 aromatic heterocycles. The van der Waals surface area contributed by atoms with Crippen LogP contribution in [0.5, 0.6) is 23.0 Å². The van der Waals surface area contributed by atoms with E-state index in [1.54, 1.807) is 62.8 Å². The van der Waals surface area contributed by atoms with Crippen LogP contribution in [0.25, 0.3) is 0 Å². The average molecular weight is 522 g/mol. The van der Waals surface area contributed by atoms with Gasteiger partial charge < -0.3 is 28.6 Å². The van der Waals surface area contributed by atoms with Crippen molar-refractivity contribution in [2.24, 2.45) is 0 Å². The number of urea groups is 1. The van der Waals surface area contributed by atoms with Gasteiger partial charge in [0.15, 0.2) is 12.1 Å². The summed E-state index contributed by atoms with van der Waals surface area (Å²) in [7, 11) is 2.65. The third-order valence-corrected chi connectivity index (χ3v) is 6.14. The van der Waals surface area contributed by atoms with Gasteiger partial charge in [0.05, 0.1) is 33.1 Å². The van der Waals surface area contributed by atoms with Crippen molar-refractivity contribution < 1.29 is 41.8 Å². The molecule has 1 N–H and O–H groups in total. The minimum absolute atomic E-state index is 0.0196. The molecule has 10 nitrogen and oxygen atoms in total. The highest BCUT2D eigenvalue weighted by atomic mass is 31.2. The second-order valence-electron chi connectivity index (χ2n) is 7.44. The van der Waals surface area contributed by atoms with Crippen LogP contribution in [-0.2, 0) is 14.1 Å². The molecule has 12 heteroatoms. The zero-order valence-electron chi connectivity index (χ0n) is 20.1. The number of methoxy groups -OCH3 is 2. The van der Waals surface area contributed by atoms with E-state index < -0.39 is 32.8 Å². The number of hydrogen-bond donors (Lipinski definition) is 1. The molecule has 2 atom stereocenters. The lowest BCUT2D eigenvalue weighted by atomic mass is 10.2. The average Bonchev–Trinajstić information content (AvgIpc) is 3.39. The van der Waals surface area contributed by atoms with Crippen LogP contribution < -0.4 is 23.8 Å². The van der Waals surface area contributed by atoms with E-state index in [1.807, 2.05) is 0 Å². The smallest absolute Gasteiger partial charge is 0.463 e. The molecular formula is C24H28FN2O8P. The number of hydrogen-bond acceptors (Lipinski definition) is 8. The van der Waals surface area contributed by atoms with E-state index in [0.717, 1.165) is 11.1 Å². The van der Waals surface area contributed by atoms with E-state index in [-0.39, 0.29) is 12.9 Å². The number of ether oxygens (including phenoxy) is 3. The molecule has 0 aliphatic carbocycles. The van der Waals surface area contributed by atoms with Crippen LogP contribution >= 0.6 is 8.60 Å². The van der Waals surface area contributed by atoms with Gasteiger partial charge in [0.2, 0.25) is 0 Å². The summed E-state index contributed by atoms with van der Waals surface area (Å²) in [6, 6.07) is 13.3. The summed E-state index contributed by atoms with van der Waals surface area (Å²) >= 11 is 0. The van der Waals surface area contributed by atoms with E-state index >= 15 is 0 Å². The highest BCUT2D eigenvalue weighted by Gasteiger charge is 2.33. The first kappa shape index (κ1) is 27.2. The molecular weight excluding hydrogens is 494 g/mol. The van der Waals surface area contributed by atoms with E-state index in [2.05, 4.69) is 5.32 Å². The van der Waals surface area contributed by atoms with Crippen molar-refractivity contribution in [3.8, 4) is 23.0 Å². The van der Waals surface area contributed by atoms with Crippen LogP contribution in [0, 0.1) is 0 Å². The van der Waals surface area contributed by atoms with Gasteiger partial charge in [-0.3, -0.25) is 14.2 Å². The first-order valence-corrected chi connectivity index (χ1v) is 12.1. The van der Waals surface area contributed by atoms with E-state index in [1.165, 1.54) is 7.05 Å². The van der Waals surface area contributed by atoms with Crippen molar-refractivity contribution in [3.05, 3.63) is 60.6 Å². The molecule has 194 valence electrons. The largest absolute Gasteiger partial charge is 0.497 e. The SMILES string of the molecule is CNC(=O)N(/C=C(/F)C=O)C1CCC(COP(Oc2ccc(OC)cc2)Oc2ccc(OC)cc2)O1. The van der Waals surface area contributed by atoms with Gasteiger partial charge in [-0.25, -0.2) is 9.18 Å². The Bertz CT molecular complexity index is 972. The Balaban J connectivity index is 1.65. The third-order valence-electron chi connectivity index (χ3n) is 5.06. The molecule has 1 saturated heterocycles. The summed E-state index contributed by atoms with van der Waals surface area (Å²) in [5, 5.41) is 2.40. The van der Waals surface area contributed by atoms with Gasteiger partial charge in [0, 0.05) is 7.05 Å². The molecule has 2 amide bonds. The van der Waals surface area contributed by atoms with Crippen molar-refractivity contribution in [3.63, 3.8) is 0 Å².